The van der Waals surface area contributed by atoms with Gasteiger partial charge in [0.25, 0.3) is 0 Å². The molecule has 0 saturated carbocycles. The van der Waals surface area contributed by atoms with Crippen molar-refractivity contribution in [1.29, 1.82) is 0 Å². The smallest absolute Gasteiger partial charge is 0.243 e. The Labute approximate surface area is 201 Å². The first-order valence-corrected chi connectivity index (χ1v) is 14.2. The van der Waals surface area contributed by atoms with Crippen molar-refractivity contribution in [3.8, 4) is 5.75 Å². The van der Waals surface area contributed by atoms with E-state index < -0.39 is 25.9 Å². The zero-order chi connectivity index (χ0) is 24.5. The Morgan fingerprint density at radius 1 is 0.882 bits per heavy atom. The van der Waals surface area contributed by atoms with Crippen LogP contribution in [0.4, 0.5) is 10.1 Å². The van der Waals surface area contributed by atoms with Crippen molar-refractivity contribution < 1.29 is 26.0 Å². The molecule has 2 fully saturated rings. The van der Waals surface area contributed by atoms with Crippen LogP contribution in [0.2, 0.25) is 0 Å². The first-order chi connectivity index (χ1) is 16.1. The summed E-state index contributed by atoms with van der Waals surface area (Å²) in [6, 6.07) is 9.79. The molecule has 1 atom stereocenters. The minimum Gasteiger partial charge on any atom is -0.495 e. The molecule has 2 aromatic rings. The summed E-state index contributed by atoms with van der Waals surface area (Å²) in [6.45, 7) is 4.11. The van der Waals surface area contributed by atoms with Gasteiger partial charge in [-0.3, -0.25) is 0 Å². The molecule has 0 aromatic heterocycles. The molecule has 8 nitrogen and oxygen atoms in total. The van der Waals surface area contributed by atoms with E-state index in [1.807, 2.05) is 4.90 Å². The maximum atomic E-state index is 13.6. The Kier molecular flexibility index (Phi) is 7.18. The van der Waals surface area contributed by atoms with Crippen LogP contribution in [-0.4, -0.2) is 71.8 Å². The first kappa shape index (κ1) is 24.9. The van der Waals surface area contributed by atoms with Gasteiger partial charge in [0.1, 0.15) is 11.6 Å². The Morgan fingerprint density at radius 2 is 1.56 bits per heavy atom. The van der Waals surface area contributed by atoms with Crippen LogP contribution in [0, 0.1) is 11.7 Å². The molecule has 2 heterocycles. The summed E-state index contributed by atoms with van der Waals surface area (Å²) in [5.41, 5.74) is 0.608. The highest BCUT2D eigenvalue weighted by molar-refractivity contribution is 7.89. The lowest BCUT2D eigenvalue weighted by Crippen LogP contribution is -2.48. The van der Waals surface area contributed by atoms with Crippen molar-refractivity contribution in [2.24, 2.45) is 5.92 Å². The van der Waals surface area contributed by atoms with Gasteiger partial charge in [-0.25, -0.2) is 21.2 Å². The molecule has 2 aliphatic heterocycles. The average Bonchev–Trinajstić information content (AvgIpc) is 2.83. The van der Waals surface area contributed by atoms with Crippen LogP contribution >= 0.6 is 0 Å². The number of anilines is 1. The van der Waals surface area contributed by atoms with Gasteiger partial charge in [0, 0.05) is 39.3 Å². The number of sulfonamides is 2. The average molecular weight is 512 g/mol. The van der Waals surface area contributed by atoms with E-state index in [4.69, 9.17) is 4.74 Å². The summed E-state index contributed by atoms with van der Waals surface area (Å²) in [7, 11) is -5.95. The van der Waals surface area contributed by atoms with Crippen molar-refractivity contribution in [3.63, 3.8) is 0 Å². The highest BCUT2D eigenvalue weighted by Gasteiger charge is 2.32. The Morgan fingerprint density at radius 3 is 2.21 bits per heavy atom. The lowest BCUT2D eigenvalue weighted by molar-refractivity contribution is 0.281. The summed E-state index contributed by atoms with van der Waals surface area (Å²) >= 11 is 0. The number of benzene rings is 2. The van der Waals surface area contributed by atoms with Crippen molar-refractivity contribution in [1.82, 2.24) is 8.61 Å². The second-order valence-corrected chi connectivity index (χ2v) is 12.7. The van der Waals surface area contributed by atoms with Crippen LogP contribution in [0.3, 0.4) is 0 Å². The SMILES string of the molecule is COc1ccc(S(=O)(=O)N2CCC[C@H](C)C2)cc1N1CCN(S(=O)(=O)c2cccc(F)c2)CC1. The van der Waals surface area contributed by atoms with Crippen LogP contribution in [0.25, 0.3) is 0 Å². The molecule has 0 bridgehead atoms. The highest BCUT2D eigenvalue weighted by atomic mass is 32.2. The molecular weight excluding hydrogens is 481 g/mol. The molecule has 0 radical (unpaired) electrons. The third-order valence-electron chi connectivity index (χ3n) is 6.42. The third-order valence-corrected chi connectivity index (χ3v) is 10.2. The number of nitrogens with zero attached hydrogens (tertiary/aromatic N) is 3. The molecule has 11 heteroatoms. The van der Waals surface area contributed by atoms with Gasteiger partial charge in [-0.05, 0) is 55.2 Å². The maximum absolute atomic E-state index is 13.6. The molecule has 2 aliphatic rings. The van der Waals surface area contributed by atoms with E-state index in [9.17, 15) is 21.2 Å². The molecule has 4 rings (SSSR count). The molecule has 0 aliphatic carbocycles. The molecule has 2 saturated heterocycles. The fraction of sp³-hybridized carbons (Fsp3) is 0.478. The number of methoxy groups -OCH3 is 1. The van der Waals surface area contributed by atoms with Crippen molar-refractivity contribution in [2.45, 2.75) is 29.6 Å². The Bertz CT molecular complexity index is 1250. The molecular formula is C23H30FN3O5S2. The molecule has 2 aromatic carbocycles. The highest BCUT2D eigenvalue weighted by Crippen LogP contribution is 2.34. The number of rotatable bonds is 6. The van der Waals surface area contributed by atoms with E-state index in [2.05, 4.69) is 6.92 Å². The van der Waals surface area contributed by atoms with Gasteiger partial charge in [0.2, 0.25) is 20.0 Å². The number of hydrogen-bond acceptors (Lipinski definition) is 6. The van der Waals surface area contributed by atoms with E-state index in [0.29, 0.717) is 43.5 Å². The first-order valence-electron chi connectivity index (χ1n) is 11.3. The fourth-order valence-electron chi connectivity index (χ4n) is 4.54. The molecule has 34 heavy (non-hydrogen) atoms. The minimum atomic E-state index is -3.82. The van der Waals surface area contributed by atoms with Gasteiger partial charge < -0.3 is 9.64 Å². The largest absolute Gasteiger partial charge is 0.495 e. The van der Waals surface area contributed by atoms with Crippen LogP contribution in [0.1, 0.15) is 19.8 Å². The van der Waals surface area contributed by atoms with Gasteiger partial charge in [-0.2, -0.15) is 8.61 Å². The van der Waals surface area contributed by atoms with Gasteiger partial charge in [0.15, 0.2) is 0 Å². The lowest BCUT2D eigenvalue weighted by Gasteiger charge is -2.36. The molecule has 0 amide bonds. The van der Waals surface area contributed by atoms with Crippen LogP contribution in [0.15, 0.2) is 52.3 Å². The van der Waals surface area contributed by atoms with E-state index in [1.54, 1.807) is 18.2 Å². The second-order valence-electron chi connectivity index (χ2n) is 8.79. The predicted molar refractivity (Wildman–Crippen MR) is 128 cm³/mol. The third kappa shape index (κ3) is 4.93. The lowest BCUT2D eigenvalue weighted by atomic mass is 10.0. The fourth-order valence-corrected chi connectivity index (χ4v) is 7.61. The number of halogens is 1. The zero-order valence-corrected chi connectivity index (χ0v) is 21.0. The molecule has 0 N–H and O–H groups in total. The predicted octanol–water partition coefficient (Wildman–Crippen LogP) is 2.77. The van der Waals surface area contributed by atoms with Crippen molar-refractivity contribution in [2.75, 3.05) is 51.3 Å². The number of piperidine rings is 1. The summed E-state index contributed by atoms with van der Waals surface area (Å²) < 4.78 is 74.3. The zero-order valence-electron chi connectivity index (χ0n) is 19.4. The topological polar surface area (TPSA) is 87.2 Å². The van der Waals surface area contributed by atoms with Crippen LogP contribution < -0.4 is 9.64 Å². The maximum Gasteiger partial charge on any atom is 0.243 e. The van der Waals surface area contributed by atoms with Crippen LogP contribution in [0.5, 0.6) is 5.75 Å². The van der Waals surface area contributed by atoms with Crippen LogP contribution in [-0.2, 0) is 20.0 Å². The molecule has 0 unspecified atom stereocenters. The summed E-state index contributed by atoms with van der Waals surface area (Å²) in [5.74, 6) is 0.229. The molecule has 0 spiro atoms. The van der Waals surface area contributed by atoms with E-state index in [-0.39, 0.29) is 22.9 Å². The number of hydrogen-bond donors (Lipinski definition) is 0. The number of ether oxygens (including phenoxy) is 1. The van der Waals surface area contributed by atoms with Gasteiger partial charge in [-0.15, -0.1) is 0 Å². The van der Waals surface area contributed by atoms with Gasteiger partial charge in [0.05, 0.1) is 22.6 Å². The Balaban J connectivity index is 1.55. The van der Waals surface area contributed by atoms with E-state index in [0.717, 1.165) is 18.9 Å². The number of piperazine rings is 1. The Hall–Kier alpha value is -2.21. The van der Waals surface area contributed by atoms with E-state index >= 15 is 0 Å². The van der Waals surface area contributed by atoms with Gasteiger partial charge in [-0.1, -0.05) is 13.0 Å². The summed E-state index contributed by atoms with van der Waals surface area (Å²) in [5, 5.41) is 0. The normalized spacial score (nSPS) is 20.9. The van der Waals surface area contributed by atoms with Crippen molar-refractivity contribution >= 4 is 25.7 Å². The van der Waals surface area contributed by atoms with Crippen molar-refractivity contribution in [3.05, 3.63) is 48.3 Å². The summed E-state index contributed by atoms with van der Waals surface area (Å²) in [4.78, 5) is 2.04. The van der Waals surface area contributed by atoms with Gasteiger partial charge >= 0.3 is 0 Å². The quantitative estimate of drug-likeness (QED) is 0.593. The monoisotopic (exact) mass is 511 g/mol. The second kappa shape index (κ2) is 9.80. The standard InChI is InChI=1S/C23H30FN3O5S2/c1-18-5-4-10-27(17-18)34(30,31)21-8-9-23(32-2)22(16-21)25-11-13-26(14-12-25)33(28,29)20-7-3-6-19(24)15-20/h3,6-9,15-16,18H,4-5,10-14,17H2,1-2H3/t18-/m0/s1. The minimum absolute atomic E-state index is 0.0811. The summed E-state index contributed by atoms with van der Waals surface area (Å²) in [6.07, 6.45) is 1.86. The molecule has 186 valence electrons. The van der Waals surface area contributed by atoms with E-state index in [1.165, 1.54) is 33.9 Å².